The minimum Gasteiger partial charge on any atom is -0.300 e. The molecule has 0 saturated heterocycles. The molecular formula is C32H41N7O2. The van der Waals surface area contributed by atoms with Crippen LogP contribution in [-0.2, 0) is 17.8 Å². The van der Waals surface area contributed by atoms with E-state index in [1.807, 2.05) is 51.7 Å². The first-order valence-corrected chi connectivity index (χ1v) is 15.1. The van der Waals surface area contributed by atoms with Gasteiger partial charge in [-0.15, -0.1) is 10.2 Å². The van der Waals surface area contributed by atoms with Crippen LogP contribution in [0.2, 0.25) is 0 Å². The molecule has 9 heteroatoms. The number of tetrazole rings is 1. The summed E-state index contributed by atoms with van der Waals surface area (Å²) < 4.78 is 3.84. The Balaban J connectivity index is 1.49. The molecule has 3 atom stereocenters. The molecule has 216 valence electrons. The van der Waals surface area contributed by atoms with E-state index in [0.29, 0.717) is 18.3 Å². The van der Waals surface area contributed by atoms with Crippen molar-refractivity contribution in [3.8, 4) is 22.6 Å². The van der Waals surface area contributed by atoms with Crippen LogP contribution >= 0.6 is 0 Å². The summed E-state index contributed by atoms with van der Waals surface area (Å²) in [6, 6.07) is 11.8. The SMILES string of the molecule is CCCCc1cn(C2C(CC)CCCCCC2C(C)=O)c(=O)n1Cc1ccc(-c2ccccc2-c2nn[nH]n2)nc1. The molecule has 41 heavy (non-hydrogen) atoms. The number of rotatable bonds is 10. The number of aromatic nitrogens is 7. The lowest BCUT2D eigenvalue weighted by atomic mass is 9.77. The lowest BCUT2D eigenvalue weighted by Gasteiger charge is -2.34. The molecule has 1 saturated carbocycles. The molecule has 3 heterocycles. The molecule has 4 aromatic rings. The van der Waals surface area contributed by atoms with Crippen LogP contribution in [0.15, 0.2) is 53.6 Å². The van der Waals surface area contributed by atoms with E-state index in [-0.39, 0.29) is 23.4 Å². The molecule has 0 aliphatic heterocycles. The van der Waals surface area contributed by atoms with E-state index in [1.54, 1.807) is 6.92 Å². The maximum Gasteiger partial charge on any atom is 0.328 e. The van der Waals surface area contributed by atoms with Crippen LogP contribution in [0.5, 0.6) is 0 Å². The van der Waals surface area contributed by atoms with Gasteiger partial charge in [-0.25, -0.2) is 4.79 Å². The lowest BCUT2D eigenvalue weighted by Crippen LogP contribution is -2.38. The van der Waals surface area contributed by atoms with Crippen molar-refractivity contribution in [2.24, 2.45) is 11.8 Å². The third-order valence-corrected chi connectivity index (χ3v) is 8.68. The van der Waals surface area contributed by atoms with E-state index in [9.17, 15) is 9.59 Å². The topological polar surface area (TPSA) is 111 Å². The van der Waals surface area contributed by atoms with Crippen molar-refractivity contribution in [2.75, 3.05) is 0 Å². The first kappa shape index (κ1) is 28.6. The number of H-pyrrole nitrogens is 1. The Kier molecular flexibility index (Phi) is 9.21. The first-order chi connectivity index (χ1) is 20.0. The summed E-state index contributed by atoms with van der Waals surface area (Å²) in [5.74, 6) is 0.916. The Morgan fingerprint density at radius 2 is 1.85 bits per heavy atom. The monoisotopic (exact) mass is 555 g/mol. The predicted octanol–water partition coefficient (Wildman–Crippen LogP) is 6.02. The number of nitrogens with one attached hydrogen (secondary N) is 1. The zero-order valence-electron chi connectivity index (χ0n) is 24.4. The Labute approximate surface area is 241 Å². The number of pyridine rings is 1. The Morgan fingerprint density at radius 3 is 2.54 bits per heavy atom. The van der Waals surface area contributed by atoms with E-state index in [0.717, 1.165) is 85.9 Å². The summed E-state index contributed by atoms with van der Waals surface area (Å²) in [6.07, 6.45) is 13.0. The number of carbonyl (C=O) groups excluding carboxylic acids is 1. The fourth-order valence-electron chi connectivity index (χ4n) is 6.45. The number of imidazole rings is 1. The van der Waals surface area contributed by atoms with Gasteiger partial charge in [0.05, 0.1) is 18.3 Å². The summed E-state index contributed by atoms with van der Waals surface area (Å²) >= 11 is 0. The molecule has 3 aromatic heterocycles. The molecule has 0 spiro atoms. The smallest absolute Gasteiger partial charge is 0.300 e. The maximum absolute atomic E-state index is 14.1. The number of unbranched alkanes of at least 4 members (excludes halogenated alkanes) is 1. The first-order valence-electron chi connectivity index (χ1n) is 15.1. The van der Waals surface area contributed by atoms with Gasteiger partial charge in [-0.2, -0.15) is 5.21 Å². The zero-order valence-corrected chi connectivity index (χ0v) is 24.4. The molecule has 1 aliphatic carbocycles. The number of Topliss-reactive ketones (excluding diaryl/α,β-unsaturated/α-hetero) is 1. The summed E-state index contributed by atoms with van der Waals surface area (Å²) in [6.45, 7) is 6.51. The maximum atomic E-state index is 14.1. The molecule has 0 amide bonds. The van der Waals surface area contributed by atoms with E-state index >= 15 is 0 Å². The highest BCUT2D eigenvalue weighted by Gasteiger charge is 2.35. The predicted molar refractivity (Wildman–Crippen MR) is 159 cm³/mol. The Morgan fingerprint density at radius 1 is 1.05 bits per heavy atom. The summed E-state index contributed by atoms with van der Waals surface area (Å²) in [5, 5.41) is 14.5. The minimum absolute atomic E-state index is 0.0158. The van der Waals surface area contributed by atoms with Crippen LogP contribution in [-0.4, -0.2) is 40.5 Å². The third-order valence-electron chi connectivity index (χ3n) is 8.68. The summed E-state index contributed by atoms with van der Waals surface area (Å²) in [4.78, 5) is 31.8. The standard InChI is InChI=1S/C32H41N7O2/c1-4-6-13-25-21-39(30-24(5-2)12-8-7-9-14-26(30)22(3)40)32(41)38(25)20-23-17-18-29(33-19-23)27-15-10-11-16-28(27)31-34-36-37-35-31/h10-11,15-19,21,24,26,30H,4-9,12-14,20H2,1-3H3,(H,34,35,36,37). The fourth-order valence-corrected chi connectivity index (χ4v) is 6.45. The van der Waals surface area contributed by atoms with Gasteiger partial charge < -0.3 is 0 Å². The normalized spacial score (nSPS) is 19.5. The zero-order chi connectivity index (χ0) is 28.8. The van der Waals surface area contributed by atoms with Crippen LogP contribution in [0.4, 0.5) is 0 Å². The van der Waals surface area contributed by atoms with Crippen molar-refractivity contribution in [1.29, 1.82) is 0 Å². The van der Waals surface area contributed by atoms with Crippen LogP contribution < -0.4 is 5.69 Å². The fraction of sp³-hybridized carbons (Fsp3) is 0.500. The van der Waals surface area contributed by atoms with E-state index in [4.69, 9.17) is 4.98 Å². The highest BCUT2D eigenvalue weighted by molar-refractivity contribution is 5.79. The van der Waals surface area contributed by atoms with Crippen molar-refractivity contribution >= 4 is 5.78 Å². The van der Waals surface area contributed by atoms with Gasteiger partial charge in [0.1, 0.15) is 5.78 Å². The van der Waals surface area contributed by atoms with E-state index in [1.165, 1.54) is 0 Å². The van der Waals surface area contributed by atoms with Crippen molar-refractivity contribution in [3.63, 3.8) is 0 Å². The largest absolute Gasteiger partial charge is 0.328 e. The Bertz CT molecular complexity index is 1490. The molecule has 1 fully saturated rings. The number of carbonyl (C=O) groups is 1. The molecular weight excluding hydrogens is 514 g/mol. The summed E-state index contributed by atoms with van der Waals surface area (Å²) in [5.41, 5.74) is 4.53. The van der Waals surface area contributed by atoms with Gasteiger partial charge in [0.2, 0.25) is 5.82 Å². The molecule has 3 unspecified atom stereocenters. The van der Waals surface area contributed by atoms with Crippen molar-refractivity contribution < 1.29 is 4.79 Å². The number of aryl methyl sites for hydroxylation is 1. The quantitative estimate of drug-likeness (QED) is 0.256. The van der Waals surface area contributed by atoms with Crippen LogP contribution in [0.25, 0.3) is 22.6 Å². The van der Waals surface area contributed by atoms with Gasteiger partial charge in [0, 0.05) is 35.1 Å². The van der Waals surface area contributed by atoms with Gasteiger partial charge in [-0.3, -0.25) is 18.9 Å². The van der Waals surface area contributed by atoms with Gasteiger partial charge in [-0.1, -0.05) is 76.3 Å². The van der Waals surface area contributed by atoms with E-state index < -0.39 is 0 Å². The number of hydrogen-bond acceptors (Lipinski definition) is 6. The van der Waals surface area contributed by atoms with Gasteiger partial charge in [0.25, 0.3) is 0 Å². The highest BCUT2D eigenvalue weighted by atomic mass is 16.2. The number of nitrogens with zero attached hydrogens (tertiary/aromatic N) is 6. The van der Waals surface area contributed by atoms with Crippen molar-refractivity contribution in [3.05, 3.63) is 70.5 Å². The number of benzene rings is 1. The number of ketones is 1. The van der Waals surface area contributed by atoms with Crippen molar-refractivity contribution in [2.45, 2.75) is 91.1 Å². The molecule has 1 N–H and O–H groups in total. The van der Waals surface area contributed by atoms with Gasteiger partial charge in [-0.05, 0) is 55.4 Å². The number of aromatic amines is 1. The number of hydrogen-bond donors (Lipinski definition) is 1. The minimum atomic E-state index is -0.118. The summed E-state index contributed by atoms with van der Waals surface area (Å²) in [7, 11) is 0. The average Bonchev–Trinajstić information content (AvgIpc) is 3.61. The van der Waals surface area contributed by atoms with Crippen LogP contribution in [0.3, 0.4) is 0 Å². The van der Waals surface area contributed by atoms with Gasteiger partial charge >= 0.3 is 5.69 Å². The average molecular weight is 556 g/mol. The second-order valence-corrected chi connectivity index (χ2v) is 11.3. The van der Waals surface area contributed by atoms with Crippen LogP contribution in [0, 0.1) is 11.8 Å². The third kappa shape index (κ3) is 6.24. The molecule has 5 rings (SSSR count). The lowest BCUT2D eigenvalue weighted by molar-refractivity contribution is -0.123. The molecule has 0 radical (unpaired) electrons. The van der Waals surface area contributed by atoms with E-state index in [2.05, 4.69) is 40.7 Å². The molecule has 0 bridgehead atoms. The van der Waals surface area contributed by atoms with Crippen molar-refractivity contribution in [1.82, 2.24) is 34.7 Å². The molecule has 1 aliphatic rings. The second-order valence-electron chi connectivity index (χ2n) is 11.3. The molecule has 1 aromatic carbocycles. The molecule has 9 nitrogen and oxygen atoms in total. The Hall–Kier alpha value is -3.88. The van der Waals surface area contributed by atoms with Gasteiger partial charge in [0.15, 0.2) is 0 Å². The van der Waals surface area contributed by atoms with Crippen LogP contribution in [0.1, 0.15) is 89.4 Å². The second kappa shape index (κ2) is 13.2. The highest BCUT2D eigenvalue weighted by Crippen LogP contribution is 2.38.